The fourth-order valence-corrected chi connectivity index (χ4v) is 3.62. The summed E-state index contributed by atoms with van der Waals surface area (Å²) in [6.07, 6.45) is 1.66. The number of ether oxygens (including phenoxy) is 1. The Balaban J connectivity index is 1.95. The van der Waals surface area contributed by atoms with E-state index in [-0.39, 0.29) is 5.82 Å². The summed E-state index contributed by atoms with van der Waals surface area (Å²) in [5, 5.41) is 10.4. The Hall–Kier alpha value is -1.96. The SMILES string of the molecule is C[Si](C)(C)CCOCn1c([B]O)cc2c(-c3ccccc3F)ccnc21. The molecule has 0 unspecified atom stereocenters. The van der Waals surface area contributed by atoms with E-state index >= 15 is 0 Å². The van der Waals surface area contributed by atoms with Crippen LogP contribution in [0, 0.1) is 5.82 Å². The third kappa shape index (κ3) is 4.06. The average Bonchev–Trinajstić information content (AvgIpc) is 2.96. The van der Waals surface area contributed by atoms with Gasteiger partial charge in [-0.2, -0.15) is 0 Å². The number of rotatable bonds is 7. The summed E-state index contributed by atoms with van der Waals surface area (Å²) < 4.78 is 21.9. The zero-order valence-electron chi connectivity index (χ0n) is 15.4. The van der Waals surface area contributed by atoms with Gasteiger partial charge in [0.2, 0.25) is 0 Å². The van der Waals surface area contributed by atoms with Crippen molar-refractivity contribution in [2.24, 2.45) is 0 Å². The molecule has 3 aromatic rings. The number of pyridine rings is 1. The van der Waals surface area contributed by atoms with Crippen LogP contribution in [0.5, 0.6) is 0 Å². The van der Waals surface area contributed by atoms with E-state index in [2.05, 4.69) is 24.6 Å². The molecule has 0 bridgehead atoms. The summed E-state index contributed by atoms with van der Waals surface area (Å²) in [4.78, 5) is 4.43. The first-order valence-electron chi connectivity index (χ1n) is 8.69. The second-order valence-corrected chi connectivity index (χ2v) is 13.2. The minimum Gasteiger partial charge on any atom is -0.449 e. The Labute approximate surface area is 154 Å². The Bertz CT molecular complexity index is 908. The highest BCUT2D eigenvalue weighted by Crippen LogP contribution is 2.29. The molecule has 135 valence electrons. The lowest BCUT2D eigenvalue weighted by Crippen LogP contribution is -2.26. The monoisotopic (exact) mass is 369 g/mol. The first kappa shape index (κ1) is 18.8. The van der Waals surface area contributed by atoms with E-state index in [0.29, 0.717) is 30.1 Å². The van der Waals surface area contributed by atoms with Gasteiger partial charge < -0.3 is 14.3 Å². The van der Waals surface area contributed by atoms with Gasteiger partial charge in [-0.25, -0.2) is 9.37 Å². The molecule has 26 heavy (non-hydrogen) atoms. The van der Waals surface area contributed by atoms with Gasteiger partial charge in [-0.1, -0.05) is 37.8 Å². The third-order valence-corrected chi connectivity index (χ3v) is 6.05. The fourth-order valence-electron chi connectivity index (χ4n) is 2.86. The third-order valence-electron chi connectivity index (χ3n) is 4.34. The molecule has 0 saturated carbocycles. The highest BCUT2D eigenvalue weighted by molar-refractivity contribution is 6.76. The first-order chi connectivity index (χ1) is 12.4. The normalized spacial score (nSPS) is 11.9. The standard InChI is InChI=1S/C19H23BFN2O2Si/c1-26(2,3)11-10-25-13-23-18(20-24)12-16-14(8-9-22-19(16)23)15-6-4-5-7-17(15)21/h4-9,12,24H,10-11,13H2,1-3H3. The van der Waals surface area contributed by atoms with Crippen molar-refractivity contribution in [2.45, 2.75) is 32.4 Å². The van der Waals surface area contributed by atoms with Crippen LogP contribution in [0.25, 0.3) is 22.2 Å². The number of nitrogens with zero attached hydrogens (tertiary/aromatic N) is 2. The predicted octanol–water partition coefficient (Wildman–Crippen LogP) is 3.39. The molecular formula is C19H23BFN2O2Si. The second kappa shape index (κ2) is 7.74. The fraction of sp³-hybridized carbons (Fsp3) is 0.316. The van der Waals surface area contributed by atoms with Crippen LogP contribution in [-0.4, -0.2) is 36.7 Å². The molecule has 0 fully saturated rings. The molecule has 1 radical (unpaired) electrons. The van der Waals surface area contributed by atoms with E-state index in [1.807, 2.05) is 10.6 Å². The van der Waals surface area contributed by atoms with Crippen molar-refractivity contribution >= 4 is 32.2 Å². The molecule has 3 rings (SSSR count). The number of benzene rings is 1. The molecule has 0 amide bonds. The van der Waals surface area contributed by atoms with Gasteiger partial charge in [-0.15, -0.1) is 0 Å². The largest absolute Gasteiger partial charge is 0.449 e. The van der Waals surface area contributed by atoms with E-state index in [1.54, 1.807) is 30.5 Å². The van der Waals surface area contributed by atoms with E-state index in [9.17, 15) is 9.41 Å². The van der Waals surface area contributed by atoms with Gasteiger partial charge in [0.05, 0.1) is 0 Å². The van der Waals surface area contributed by atoms with Gasteiger partial charge in [0, 0.05) is 37.4 Å². The Morgan fingerprint density at radius 3 is 2.65 bits per heavy atom. The minimum atomic E-state index is -1.16. The summed E-state index contributed by atoms with van der Waals surface area (Å²) in [5.41, 5.74) is 2.52. The molecule has 1 aromatic carbocycles. The molecule has 1 N–H and O–H groups in total. The van der Waals surface area contributed by atoms with E-state index < -0.39 is 8.07 Å². The summed E-state index contributed by atoms with van der Waals surface area (Å²) in [6.45, 7) is 7.88. The lowest BCUT2D eigenvalue weighted by molar-refractivity contribution is 0.0916. The van der Waals surface area contributed by atoms with Crippen molar-refractivity contribution in [1.29, 1.82) is 0 Å². The smallest absolute Gasteiger partial charge is 0.345 e. The van der Waals surface area contributed by atoms with Crippen LogP contribution in [0.4, 0.5) is 4.39 Å². The number of hydrogen-bond donors (Lipinski definition) is 1. The highest BCUT2D eigenvalue weighted by Gasteiger charge is 2.17. The van der Waals surface area contributed by atoms with Crippen LogP contribution in [0.2, 0.25) is 25.7 Å². The molecule has 0 aliphatic rings. The van der Waals surface area contributed by atoms with Gasteiger partial charge in [0.1, 0.15) is 18.2 Å². The van der Waals surface area contributed by atoms with Crippen molar-refractivity contribution in [3.05, 3.63) is 48.4 Å². The molecule has 7 heteroatoms. The topological polar surface area (TPSA) is 47.3 Å². The molecule has 0 aliphatic heterocycles. The number of aromatic nitrogens is 2. The molecule has 0 saturated heterocycles. The first-order valence-corrected chi connectivity index (χ1v) is 12.4. The summed E-state index contributed by atoms with van der Waals surface area (Å²) in [7, 11) is -0.127. The maximum Gasteiger partial charge on any atom is 0.345 e. The van der Waals surface area contributed by atoms with Crippen molar-refractivity contribution in [1.82, 2.24) is 9.55 Å². The number of hydrogen-bond acceptors (Lipinski definition) is 3. The van der Waals surface area contributed by atoms with Gasteiger partial charge in [0.25, 0.3) is 0 Å². The van der Waals surface area contributed by atoms with E-state index in [4.69, 9.17) is 4.74 Å². The van der Waals surface area contributed by atoms with Crippen LogP contribution in [0.1, 0.15) is 0 Å². The summed E-state index contributed by atoms with van der Waals surface area (Å²) in [5.74, 6) is -0.284. The van der Waals surface area contributed by atoms with Crippen LogP contribution in [0.3, 0.4) is 0 Å². The molecule has 4 nitrogen and oxygen atoms in total. The molecule has 0 spiro atoms. The van der Waals surface area contributed by atoms with Crippen LogP contribution in [0.15, 0.2) is 42.6 Å². The van der Waals surface area contributed by atoms with E-state index in [0.717, 1.165) is 24.5 Å². The quantitative estimate of drug-likeness (QED) is 0.513. The Kier molecular flexibility index (Phi) is 5.60. The van der Waals surface area contributed by atoms with Crippen LogP contribution in [-0.2, 0) is 11.5 Å². The van der Waals surface area contributed by atoms with Crippen molar-refractivity contribution in [2.75, 3.05) is 6.61 Å². The lowest BCUT2D eigenvalue weighted by atomic mass is 9.95. The van der Waals surface area contributed by atoms with E-state index in [1.165, 1.54) is 6.07 Å². The Morgan fingerprint density at radius 1 is 1.19 bits per heavy atom. The van der Waals surface area contributed by atoms with Crippen molar-refractivity contribution < 1.29 is 14.2 Å². The molecular weight excluding hydrogens is 346 g/mol. The van der Waals surface area contributed by atoms with Crippen LogP contribution < -0.4 is 5.59 Å². The molecule has 2 heterocycles. The number of fused-ring (bicyclic) bond motifs is 1. The number of halogens is 1. The molecule has 0 atom stereocenters. The lowest BCUT2D eigenvalue weighted by Gasteiger charge is -2.16. The average molecular weight is 369 g/mol. The second-order valence-electron chi connectivity index (χ2n) is 7.55. The van der Waals surface area contributed by atoms with Gasteiger partial charge in [-0.05, 0) is 29.8 Å². The maximum absolute atomic E-state index is 14.2. The predicted molar refractivity (Wildman–Crippen MR) is 107 cm³/mol. The summed E-state index contributed by atoms with van der Waals surface area (Å²) >= 11 is 0. The van der Waals surface area contributed by atoms with Crippen molar-refractivity contribution in [3.8, 4) is 11.1 Å². The molecule has 0 aliphatic carbocycles. The highest BCUT2D eigenvalue weighted by atomic mass is 28.3. The Morgan fingerprint density at radius 2 is 1.96 bits per heavy atom. The minimum absolute atomic E-state index is 0.284. The van der Waals surface area contributed by atoms with Crippen molar-refractivity contribution in [3.63, 3.8) is 0 Å². The molecule has 2 aromatic heterocycles. The zero-order valence-corrected chi connectivity index (χ0v) is 16.4. The van der Waals surface area contributed by atoms with Gasteiger partial charge in [-0.3, -0.25) is 0 Å². The van der Waals surface area contributed by atoms with Gasteiger partial charge >= 0.3 is 7.48 Å². The van der Waals surface area contributed by atoms with Crippen LogP contribution >= 0.6 is 0 Å². The summed E-state index contributed by atoms with van der Waals surface area (Å²) in [6, 6.07) is 11.3. The maximum atomic E-state index is 14.2. The zero-order chi connectivity index (χ0) is 18.7. The van der Waals surface area contributed by atoms with Gasteiger partial charge in [0.15, 0.2) is 0 Å².